The zero-order valence-corrected chi connectivity index (χ0v) is 13.8. The number of hydrogen-bond acceptors (Lipinski definition) is 5. The van der Waals surface area contributed by atoms with Crippen molar-refractivity contribution < 1.29 is 14.4 Å². The van der Waals surface area contributed by atoms with Crippen molar-refractivity contribution in [2.24, 2.45) is 0 Å². The topological polar surface area (TPSA) is 84.4 Å². The van der Waals surface area contributed by atoms with Gasteiger partial charge in [-0.25, -0.2) is 0 Å². The summed E-state index contributed by atoms with van der Waals surface area (Å²) < 4.78 is 7.34. The Labute approximate surface area is 140 Å². The Morgan fingerprint density at radius 3 is 2.88 bits per heavy atom. The average molecular weight is 330 g/mol. The van der Waals surface area contributed by atoms with Gasteiger partial charge in [-0.2, -0.15) is 4.98 Å². The Hall–Kier alpha value is -2.15. The third-order valence-corrected chi connectivity index (χ3v) is 5.08. The summed E-state index contributed by atoms with van der Waals surface area (Å²) in [6.07, 6.45) is 6.50. The molecule has 1 saturated heterocycles. The Balaban J connectivity index is 1.62. The molecule has 7 nitrogen and oxygen atoms in total. The van der Waals surface area contributed by atoms with Crippen molar-refractivity contribution in [3.63, 3.8) is 0 Å². The van der Waals surface area contributed by atoms with Crippen LogP contribution in [0.25, 0.3) is 0 Å². The monoisotopic (exact) mass is 330 g/mol. The molecule has 2 aromatic heterocycles. The highest BCUT2D eigenvalue weighted by Crippen LogP contribution is 2.35. The summed E-state index contributed by atoms with van der Waals surface area (Å²) in [5.41, 5.74) is 0.678. The van der Waals surface area contributed by atoms with Crippen LogP contribution in [0.2, 0.25) is 0 Å². The zero-order valence-electron chi connectivity index (χ0n) is 13.8. The van der Waals surface area contributed by atoms with E-state index in [9.17, 15) is 9.90 Å². The first-order chi connectivity index (χ1) is 11.6. The van der Waals surface area contributed by atoms with E-state index in [1.807, 2.05) is 18.3 Å². The molecule has 1 aliphatic carbocycles. The fourth-order valence-electron chi connectivity index (χ4n) is 3.94. The molecule has 4 rings (SSSR count). The molecule has 1 amide bonds. The smallest absolute Gasteiger partial charge is 0.271 e. The van der Waals surface area contributed by atoms with E-state index >= 15 is 0 Å². The molecule has 7 heteroatoms. The van der Waals surface area contributed by atoms with E-state index in [0.717, 1.165) is 12.8 Å². The van der Waals surface area contributed by atoms with E-state index in [1.165, 1.54) is 12.8 Å². The molecule has 0 radical (unpaired) electrons. The molecule has 3 heterocycles. The van der Waals surface area contributed by atoms with E-state index in [1.54, 1.807) is 11.8 Å². The average Bonchev–Trinajstić information content (AvgIpc) is 3.32. The van der Waals surface area contributed by atoms with Crippen molar-refractivity contribution in [2.45, 2.75) is 57.2 Å². The summed E-state index contributed by atoms with van der Waals surface area (Å²) in [5.74, 6) is 0.855. The van der Waals surface area contributed by atoms with Gasteiger partial charge in [-0.15, -0.1) is 0 Å². The van der Waals surface area contributed by atoms with Crippen molar-refractivity contribution in [2.75, 3.05) is 6.54 Å². The van der Waals surface area contributed by atoms with Gasteiger partial charge in [0.05, 0.1) is 6.10 Å². The lowest BCUT2D eigenvalue weighted by Gasteiger charge is -2.24. The number of hydrogen-bond donors (Lipinski definition) is 1. The predicted octanol–water partition coefficient (Wildman–Crippen LogP) is 2.24. The first-order valence-corrected chi connectivity index (χ1v) is 8.59. The van der Waals surface area contributed by atoms with E-state index in [2.05, 4.69) is 14.7 Å². The van der Waals surface area contributed by atoms with Crippen molar-refractivity contribution >= 4 is 5.91 Å². The van der Waals surface area contributed by atoms with Gasteiger partial charge in [-0.3, -0.25) is 4.79 Å². The fourth-order valence-corrected chi connectivity index (χ4v) is 3.94. The molecule has 1 saturated carbocycles. The SMILES string of the molecule is Cc1noc([C@H]2C[C@@H](O)CN2C(=O)c2cccn2C2CCCC2)n1. The molecule has 2 aromatic rings. The summed E-state index contributed by atoms with van der Waals surface area (Å²) in [6.45, 7) is 2.04. The second kappa shape index (κ2) is 6.05. The number of aliphatic hydroxyl groups is 1. The maximum atomic E-state index is 13.1. The minimum Gasteiger partial charge on any atom is -0.391 e. The van der Waals surface area contributed by atoms with Gasteiger partial charge in [0.15, 0.2) is 5.82 Å². The molecule has 0 unspecified atom stereocenters. The maximum absolute atomic E-state index is 13.1. The van der Waals surface area contributed by atoms with Crippen molar-refractivity contribution in [1.82, 2.24) is 19.6 Å². The van der Waals surface area contributed by atoms with Gasteiger partial charge in [0.25, 0.3) is 5.91 Å². The third-order valence-electron chi connectivity index (χ3n) is 5.08. The summed E-state index contributed by atoms with van der Waals surface area (Å²) in [5, 5.41) is 13.9. The van der Waals surface area contributed by atoms with Gasteiger partial charge >= 0.3 is 0 Å². The molecule has 0 aromatic carbocycles. The van der Waals surface area contributed by atoms with Crippen LogP contribution in [-0.4, -0.2) is 43.3 Å². The van der Waals surface area contributed by atoms with Crippen molar-refractivity contribution in [1.29, 1.82) is 0 Å². The second-order valence-electron chi connectivity index (χ2n) is 6.78. The number of β-amino-alcohol motifs (C(OH)–C–C–N with tert-alkyl or cyclic N) is 1. The first-order valence-electron chi connectivity index (χ1n) is 8.59. The Morgan fingerprint density at radius 1 is 1.38 bits per heavy atom. The highest BCUT2D eigenvalue weighted by Gasteiger charge is 2.40. The van der Waals surface area contributed by atoms with Crippen LogP contribution < -0.4 is 0 Å². The number of carbonyl (C=O) groups excluding carboxylic acids is 1. The summed E-state index contributed by atoms with van der Waals surface area (Å²) >= 11 is 0. The number of aryl methyl sites for hydroxylation is 1. The van der Waals surface area contributed by atoms with E-state index in [-0.39, 0.29) is 11.9 Å². The Kier molecular flexibility index (Phi) is 3.88. The first kappa shape index (κ1) is 15.4. The normalized spacial score (nSPS) is 24.8. The highest BCUT2D eigenvalue weighted by atomic mass is 16.5. The molecule has 1 aliphatic heterocycles. The van der Waals surface area contributed by atoms with Crippen molar-refractivity contribution in [3.8, 4) is 0 Å². The fraction of sp³-hybridized carbons (Fsp3) is 0.588. The zero-order chi connectivity index (χ0) is 16.7. The lowest BCUT2D eigenvalue weighted by atomic mass is 10.2. The molecule has 24 heavy (non-hydrogen) atoms. The molecule has 0 spiro atoms. The third kappa shape index (κ3) is 2.62. The largest absolute Gasteiger partial charge is 0.391 e. The van der Waals surface area contributed by atoms with Crippen LogP contribution >= 0.6 is 0 Å². The van der Waals surface area contributed by atoms with E-state index < -0.39 is 6.10 Å². The van der Waals surface area contributed by atoms with Gasteiger partial charge in [-0.1, -0.05) is 18.0 Å². The number of nitrogens with zero attached hydrogens (tertiary/aromatic N) is 4. The van der Waals surface area contributed by atoms with E-state index in [4.69, 9.17) is 4.52 Å². The number of likely N-dealkylation sites (tertiary alicyclic amines) is 1. The van der Waals surface area contributed by atoms with Crippen LogP contribution in [0.5, 0.6) is 0 Å². The standard InChI is InChI=1S/C17H22N4O3/c1-11-18-16(24-19-11)15-9-13(22)10-21(15)17(23)14-7-4-8-20(14)12-5-2-3-6-12/h4,7-8,12-13,15,22H,2-3,5-6,9-10H2,1H3/t13-,15-/m1/s1. The number of amides is 1. The van der Waals surface area contributed by atoms with Gasteiger partial charge in [0, 0.05) is 25.2 Å². The molecule has 128 valence electrons. The quantitative estimate of drug-likeness (QED) is 0.933. The number of aliphatic hydroxyl groups excluding tert-OH is 1. The van der Waals surface area contributed by atoms with Crippen LogP contribution in [0.15, 0.2) is 22.9 Å². The van der Waals surface area contributed by atoms with Gasteiger partial charge in [0.2, 0.25) is 5.89 Å². The van der Waals surface area contributed by atoms with Gasteiger partial charge < -0.3 is 19.1 Å². The Morgan fingerprint density at radius 2 is 2.17 bits per heavy atom. The van der Waals surface area contributed by atoms with Crippen LogP contribution in [-0.2, 0) is 0 Å². The summed E-state index contributed by atoms with van der Waals surface area (Å²) in [7, 11) is 0. The van der Waals surface area contributed by atoms with Gasteiger partial charge in [-0.05, 0) is 31.9 Å². The van der Waals surface area contributed by atoms with Crippen LogP contribution in [0.3, 0.4) is 0 Å². The second-order valence-corrected chi connectivity index (χ2v) is 6.78. The Bertz CT molecular complexity index is 732. The maximum Gasteiger partial charge on any atom is 0.271 e. The molecule has 2 fully saturated rings. The van der Waals surface area contributed by atoms with E-state index in [0.29, 0.717) is 36.4 Å². The highest BCUT2D eigenvalue weighted by molar-refractivity contribution is 5.93. The molecule has 1 N–H and O–H groups in total. The summed E-state index contributed by atoms with van der Waals surface area (Å²) in [6, 6.07) is 3.82. The lowest BCUT2D eigenvalue weighted by molar-refractivity contribution is 0.0680. The van der Waals surface area contributed by atoms with Gasteiger partial charge in [0.1, 0.15) is 11.7 Å². The predicted molar refractivity (Wildman–Crippen MR) is 85.4 cm³/mol. The molecule has 0 bridgehead atoms. The van der Waals surface area contributed by atoms with Crippen LogP contribution in [0.1, 0.15) is 66.4 Å². The minimum absolute atomic E-state index is 0.0793. The minimum atomic E-state index is -0.568. The van der Waals surface area contributed by atoms with Crippen molar-refractivity contribution in [3.05, 3.63) is 35.7 Å². The number of carbonyl (C=O) groups is 1. The molecular formula is C17H22N4O3. The number of aromatic nitrogens is 3. The van der Waals surface area contributed by atoms with Crippen LogP contribution in [0, 0.1) is 6.92 Å². The summed E-state index contributed by atoms with van der Waals surface area (Å²) in [4.78, 5) is 19.0. The lowest BCUT2D eigenvalue weighted by Crippen LogP contribution is -2.33. The number of rotatable bonds is 3. The molecule has 2 atom stereocenters. The molecular weight excluding hydrogens is 308 g/mol. The van der Waals surface area contributed by atoms with Crippen LogP contribution in [0.4, 0.5) is 0 Å². The molecule has 2 aliphatic rings.